The number of aromatic nitrogens is 1. The van der Waals surface area contributed by atoms with E-state index in [1.807, 2.05) is 19.1 Å². The van der Waals surface area contributed by atoms with Gasteiger partial charge in [0.1, 0.15) is 0 Å². The van der Waals surface area contributed by atoms with Crippen molar-refractivity contribution < 1.29 is 9.53 Å². The molecule has 1 fully saturated rings. The van der Waals surface area contributed by atoms with Gasteiger partial charge >= 0.3 is 0 Å². The predicted molar refractivity (Wildman–Crippen MR) is 72.1 cm³/mol. The molecule has 5 nitrogen and oxygen atoms in total. The van der Waals surface area contributed by atoms with Gasteiger partial charge in [0.25, 0.3) is 0 Å². The molecular weight excluding hydrogens is 254 g/mol. The zero-order chi connectivity index (χ0) is 12.1. The summed E-state index contributed by atoms with van der Waals surface area (Å²) in [6.45, 7) is 4.18. The molecule has 1 amide bonds. The van der Waals surface area contributed by atoms with Crippen molar-refractivity contribution in [2.24, 2.45) is 0 Å². The van der Waals surface area contributed by atoms with E-state index in [0.29, 0.717) is 13.0 Å². The molecule has 6 heteroatoms. The van der Waals surface area contributed by atoms with Crippen molar-refractivity contribution in [3.8, 4) is 0 Å². The van der Waals surface area contributed by atoms with Crippen LogP contribution in [0.15, 0.2) is 18.3 Å². The Bertz CT molecular complexity index is 377. The first-order chi connectivity index (χ1) is 8.24. The van der Waals surface area contributed by atoms with Crippen LogP contribution < -0.4 is 10.6 Å². The topological polar surface area (TPSA) is 63.2 Å². The lowest BCUT2D eigenvalue weighted by Gasteiger charge is -2.22. The van der Waals surface area contributed by atoms with Gasteiger partial charge in [-0.15, -0.1) is 12.4 Å². The highest BCUT2D eigenvalue weighted by Crippen LogP contribution is 2.08. The fourth-order valence-electron chi connectivity index (χ4n) is 1.71. The number of hydrogen-bond acceptors (Lipinski definition) is 4. The number of nitrogens with zero attached hydrogens (tertiary/aromatic N) is 1. The molecule has 1 saturated heterocycles. The van der Waals surface area contributed by atoms with Crippen LogP contribution in [0.1, 0.15) is 12.1 Å². The molecule has 2 rings (SSSR count). The van der Waals surface area contributed by atoms with Crippen molar-refractivity contribution in [1.29, 1.82) is 0 Å². The smallest absolute Gasteiger partial charge is 0.227 e. The van der Waals surface area contributed by atoms with Gasteiger partial charge in [0.15, 0.2) is 0 Å². The van der Waals surface area contributed by atoms with Gasteiger partial charge < -0.3 is 15.4 Å². The molecule has 1 aromatic heterocycles. The highest BCUT2D eigenvalue weighted by atomic mass is 35.5. The number of aryl methyl sites for hydroxylation is 1. The van der Waals surface area contributed by atoms with E-state index in [9.17, 15) is 4.79 Å². The van der Waals surface area contributed by atoms with Crippen LogP contribution >= 0.6 is 12.4 Å². The molecule has 0 bridgehead atoms. The summed E-state index contributed by atoms with van der Waals surface area (Å²) in [5, 5.41) is 6.00. The molecule has 1 aromatic rings. The number of rotatable bonds is 3. The molecule has 2 heterocycles. The lowest BCUT2D eigenvalue weighted by molar-refractivity contribution is -0.119. The molecule has 1 aliphatic rings. The number of morpholine rings is 1. The van der Waals surface area contributed by atoms with Gasteiger partial charge in [0, 0.05) is 18.8 Å². The number of carbonyl (C=O) groups excluding carboxylic acids is 1. The Hall–Kier alpha value is -1.17. The second-order valence-electron chi connectivity index (χ2n) is 4.14. The number of ether oxygens (including phenoxy) is 1. The number of anilines is 1. The predicted octanol–water partition coefficient (Wildman–Crippen LogP) is 1.13. The van der Waals surface area contributed by atoms with E-state index < -0.39 is 0 Å². The van der Waals surface area contributed by atoms with Gasteiger partial charge in [-0.1, -0.05) is 0 Å². The molecule has 0 aliphatic carbocycles. The van der Waals surface area contributed by atoms with E-state index in [2.05, 4.69) is 15.6 Å². The Kier molecular flexibility index (Phi) is 6.04. The van der Waals surface area contributed by atoms with Gasteiger partial charge in [-0.2, -0.15) is 0 Å². The van der Waals surface area contributed by atoms with Crippen molar-refractivity contribution in [2.45, 2.75) is 19.4 Å². The van der Waals surface area contributed by atoms with Crippen molar-refractivity contribution in [3.05, 3.63) is 24.0 Å². The lowest BCUT2D eigenvalue weighted by Crippen LogP contribution is -2.40. The maximum atomic E-state index is 11.7. The Balaban J connectivity index is 0.00000162. The van der Waals surface area contributed by atoms with Crippen LogP contribution in [0.5, 0.6) is 0 Å². The molecule has 0 saturated carbocycles. The third-order valence-corrected chi connectivity index (χ3v) is 2.61. The summed E-state index contributed by atoms with van der Waals surface area (Å²) < 4.78 is 5.47. The van der Waals surface area contributed by atoms with Crippen molar-refractivity contribution in [3.63, 3.8) is 0 Å². The van der Waals surface area contributed by atoms with Gasteiger partial charge in [0.2, 0.25) is 5.91 Å². The van der Waals surface area contributed by atoms with Gasteiger partial charge in [-0.25, -0.2) is 0 Å². The normalized spacial score (nSPS) is 18.8. The lowest BCUT2D eigenvalue weighted by atomic mass is 10.2. The number of carbonyl (C=O) groups is 1. The molecule has 0 spiro atoms. The van der Waals surface area contributed by atoms with E-state index in [0.717, 1.165) is 24.5 Å². The zero-order valence-electron chi connectivity index (χ0n) is 10.3. The van der Waals surface area contributed by atoms with Crippen LogP contribution in [0.25, 0.3) is 0 Å². The quantitative estimate of drug-likeness (QED) is 0.865. The molecule has 0 radical (unpaired) electrons. The van der Waals surface area contributed by atoms with Crippen LogP contribution in [-0.2, 0) is 9.53 Å². The van der Waals surface area contributed by atoms with E-state index in [-0.39, 0.29) is 24.4 Å². The average Bonchev–Trinajstić information content (AvgIpc) is 2.33. The highest BCUT2D eigenvalue weighted by molar-refractivity contribution is 5.90. The summed E-state index contributed by atoms with van der Waals surface area (Å²) in [7, 11) is 0. The highest BCUT2D eigenvalue weighted by Gasteiger charge is 2.17. The second-order valence-corrected chi connectivity index (χ2v) is 4.14. The molecule has 1 aliphatic heterocycles. The number of amides is 1. The first-order valence-corrected chi connectivity index (χ1v) is 5.79. The van der Waals surface area contributed by atoms with Crippen LogP contribution in [0.4, 0.5) is 5.69 Å². The molecule has 100 valence electrons. The van der Waals surface area contributed by atoms with E-state index in [4.69, 9.17) is 4.74 Å². The molecule has 1 atom stereocenters. The number of nitrogens with one attached hydrogen (secondary N) is 2. The molecule has 18 heavy (non-hydrogen) atoms. The van der Waals surface area contributed by atoms with E-state index >= 15 is 0 Å². The summed E-state index contributed by atoms with van der Waals surface area (Å²) in [6, 6.07) is 3.72. The van der Waals surface area contributed by atoms with Crippen LogP contribution in [0, 0.1) is 6.92 Å². The maximum Gasteiger partial charge on any atom is 0.227 e. The number of hydrogen-bond donors (Lipinski definition) is 2. The van der Waals surface area contributed by atoms with Crippen molar-refractivity contribution in [2.75, 3.05) is 25.0 Å². The summed E-state index contributed by atoms with van der Waals surface area (Å²) in [6.07, 6.45) is 2.01. The largest absolute Gasteiger partial charge is 0.375 e. The zero-order valence-corrected chi connectivity index (χ0v) is 11.1. The summed E-state index contributed by atoms with van der Waals surface area (Å²) in [4.78, 5) is 15.8. The van der Waals surface area contributed by atoms with Crippen LogP contribution in [0.3, 0.4) is 0 Å². The average molecular weight is 272 g/mol. The third-order valence-electron chi connectivity index (χ3n) is 2.61. The van der Waals surface area contributed by atoms with E-state index in [1.54, 1.807) is 6.20 Å². The van der Waals surface area contributed by atoms with Crippen LogP contribution in [0.2, 0.25) is 0 Å². The monoisotopic (exact) mass is 271 g/mol. The minimum Gasteiger partial charge on any atom is -0.375 e. The summed E-state index contributed by atoms with van der Waals surface area (Å²) in [5.41, 5.74) is 1.66. The van der Waals surface area contributed by atoms with E-state index in [1.165, 1.54) is 0 Å². The minimum absolute atomic E-state index is 0. The maximum absolute atomic E-state index is 11.7. The van der Waals surface area contributed by atoms with Gasteiger partial charge in [-0.05, 0) is 19.1 Å². The number of halogens is 1. The molecular formula is C12H18ClN3O2. The second kappa shape index (κ2) is 7.31. The Morgan fingerprint density at radius 3 is 3.06 bits per heavy atom. The van der Waals surface area contributed by atoms with Gasteiger partial charge in [-0.3, -0.25) is 9.78 Å². The summed E-state index contributed by atoms with van der Waals surface area (Å²) >= 11 is 0. The van der Waals surface area contributed by atoms with Crippen molar-refractivity contribution in [1.82, 2.24) is 10.3 Å². The fourth-order valence-corrected chi connectivity index (χ4v) is 1.71. The molecule has 1 unspecified atom stereocenters. The first-order valence-electron chi connectivity index (χ1n) is 5.79. The molecule has 2 N–H and O–H groups in total. The molecule has 0 aromatic carbocycles. The standard InChI is InChI=1S/C12H17N3O2.ClH/c1-9-2-3-10(7-14-9)15-12(16)6-11-8-13-4-5-17-11;/h2-3,7,11,13H,4-6,8H2,1H3,(H,15,16);1H. The summed E-state index contributed by atoms with van der Waals surface area (Å²) in [5.74, 6) is -0.0376. The first kappa shape index (κ1) is 14.9. The Morgan fingerprint density at radius 2 is 2.44 bits per heavy atom. The SMILES string of the molecule is Cc1ccc(NC(=O)CC2CNCCO2)cn1.Cl. The minimum atomic E-state index is -0.0376. The Labute approximate surface area is 113 Å². The third kappa shape index (κ3) is 4.60. The van der Waals surface area contributed by atoms with Gasteiger partial charge in [0.05, 0.1) is 31.0 Å². The number of pyridine rings is 1. The Morgan fingerprint density at radius 1 is 1.61 bits per heavy atom. The fraction of sp³-hybridized carbons (Fsp3) is 0.500. The van der Waals surface area contributed by atoms with Crippen LogP contribution in [-0.4, -0.2) is 36.7 Å². The van der Waals surface area contributed by atoms with Crippen molar-refractivity contribution >= 4 is 24.0 Å².